The van der Waals surface area contributed by atoms with E-state index in [9.17, 15) is 4.79 Å². The normalized spacial score (nSPS) is 17.2. The lowest BCUT2D eigenvalue weighted by molar-refractivity contribution is -0.116. The number of carbonyl (C=O) groups is 1. The predicted molar refractivity (Wildman–Crippen MR) is 133 cm³/mol. The van der Waals surface area contributed by atoms with Crippen LogP contribution in [0.3, 0.4) is 0 Å². The van der Waals surface area contributed by atoms with Gasteiger partial charge in [-0.15, -0.1) is 10.2 Å². The Morgan fingerprint density at radius 2 is 1.79 bits per heavy atom. The molecule has 0 bridgehead atoms. The minimum absolute atomic E-state index is 0.126. The fraction of sp³-hybridized carbons (Fsp3) is 0.160. The molecule has 2 N–H and O–H groups in total. The number of hydrogen-bond donors (Lipinski definition) is 2. The first-order valence-corrected chi connectivity index (χ1v) is 11.8. The molecule has 0 unspecified atom stereocenters. The molecule has 0 saturated heterocycles. The van der Waals surface area contributed by atoms with Crippen molar-refractivity contribution in [2.75, 3.05) is 10.7 Å². The predicted octanol–water partition coefficient (Wildman–Crippen LogP) is 5.61. The Kier molecular flexibility index (Phi) is 5.83. The van der Waals surface area contributed by atoms with Crippen molar-refractivity contribution in [2.24, 2.45) is 0 Å². The van der Waals surface area contributed by atoms with Gasteiger partial charge in [-0.25, -0.2) is 4.68 Å². The number of aryl methyl sites for hydroxylation is 2. The van der Waals surface area contributed by atoms with E-state index in [0.717, 1.165) is 22.3 Å². The highest BCUT2D eigenvalue weighted by Crippen LogP contribution is 2.39. The fourth-order valence-electron chi connectivity index (χ4n) is 3.79. The van der Waals surface area contributed by atoms with E-state index in [-0.39, 0.29) is 11.9 Å². The molecular weight excluding hydrogens is 454 g/mol. The van der Waals surface area contributed by atoms with Crippen LogP contribution in [0.25, 0.3) is 11.4 Å². The van der Waals surface area contributed by atoms with Crippen molar-refractivity contribution >= 4 is 35.0 Å². The zero-order chi connectivity index (χ0) is 22.9. The van der Waals surface area contributed by atoms with Crippen LogP contribution in [0.15, 0.2) is 78.0 Å². The fourth-order valence-corrected chi connectivity index (χ4v) is 5.04. The van der Waals surface area contributed by atoms with Crippen LogP contribution in [0.1, 0.15) is 22.7 Å². The molecule has 1 aliphatic rings. The van der Waals surface area contributed by atoms with Crippen molar-refractivity contribution < 1.29 is 4.79 Å². The quantitative estimate of drug-likeness (QED) is 0.401. The summed E-state index contributed by atoms with van der Waals surface area (Å²) in [5.41, 5.74) is 8.27. The molecule has 166 valence electrons. The van der Waals surface area contributed by atoms with Crippen molar-refractivity contribution in [3.8, 4) is 11.4 Å². The van der Waals surface area contributed by atoms with Crippen molar-refractivity contribution in [3.05, 3.63) is 94.5 Å². The Morgan fingerprint density at radius 3 is 2.55 bits per heavy atom. The van der Waals surface area contributed by atoms with Crippen molar-refractivity contribution in [3.63, 3.8) is 0 Å². The molecule has 33 heavy (non-hydrogen) atoms. The third kappa shape index (κ3) is 4.34. The summed E-state index contributed by atoms with van der Waals surface area (Å²) in [7, 11) is 0. The van der Waals surface area contributed by atoms with Gasteiger partial charge in [0.2, 0.25) is 11.1 Å². The number of nitrogens with one attached hydrogen (secondary N) is 2. The van der Waals surface area contributed by atoms with Crippen LogP contribution in [0.5, 0.6) is 0 Å². The molecule has 8 heteroatoms. The molecule has 1 aromatic heterocycles. The van der Waals surface area contributed by atoms with Crippen LogP contribution in [0, 0.1) is 13.8 Å². The summed E-state index contributed by atoms with van der Waals surface area (Å²) in [5, 5.41) is 12.6. The van der Waals surface area contributed by atoms with E-state index in [1.165, 1.54) is 11.8 Å². The number of halogens is 1. The molecule has 1 amide bonds. The average molecular weight is 476 g/mol. The van der Waals surface area contributed by atoms with Gasteiger partial charge in [-0.3, -0.25) is 4.79 Å². The Labute approximate surface area is 201 Å². The van der Waals surface area contributed by atoms with Crippen molar-refractivity contribution in [1.29, 1.82) is 0 Å². The zero-order valence-corrected chi connectivity index (χ0v) is 19.7. The van der Waals surface area contributed by atoms with E-state index in [1.54, 1.807) is 6.07 Å². The van der Waals surface area contributed by atoms with Crippen LogP contribution in [-0.4, -0.2) is 26.0 Å². The number of hydrogen-bond acceptors (Lipinski definition) is 5. The maximum Gasteiger partial charge on any atom is 0.240 e. The van der Waals surface area contributed by atoms with Crippen LogP contribution in [0.2, 0.25) is 5.02 Å². The Hall–Kier alpha value is -3.29. The SMILES string of the molecule is Cc1ccc([C@H]2Nn3c(nnc3-c3ccccc3)S[C@H]2C(=O)Nc2cc(Cl)ccc2C)cc1. The Morgan fingerprint density at radius 1 is 1.03 bits per heavy atom. The van der Waals surface area contributed by atoms with Gasteiger partial charge in [-0.1, -0.05) is 89.6 Å². The molecule has 5 rings (SSSR count). The second-order valence-corrected chi connectivity index (χ2v) is 9.56. The van der Waals surface area contributed by atoms with E-state index in [2.05, 4.69) is 45.2 Å². The minimum atomic E-state index is -0.466. The molecule has 6 nitrogen and oxygen atoms in total. The maximum atomic E-state index is 13.5. The number of rotatable bonds is 4. The first-order chi connectivity index (χ1) is 16.0. The highest BCUT2D eigenvalue weighted by molar-refractivity contribution is 8.00. The lowest BCUT2D eigenvalue weighted by Gasteiger charge is -2.33. The summed E-state index contributed by atoms with van der Waals surface area (Å²) in [6.45, 7) is 3.99. The van der Waals surface area contributed by atoms with Crippen molar-refractivity contribution in [1.82, 2.24) is 14.9 Å². The minimum Gasteiger partial charge on any atom is -0.325 e. The van der Waals surface area contributed by atoms with Crippen LogP contribution in [-0.2, 0) is 4.79 Å². The third-order valence-electron chi connectivity index (χ3n) is 5.62. The molecule has 0 aliphatic carbocycles. The number of thioether (sulfide) groups is 1. The molecule has 0 fully saturated rings. The van der Waals surface area contributed by atoms with E-state index in [1.807, 2.05) is 61.0 Å². The molecule has 0 spiro atoms. The van der Waals surface area contributed by atoms with E-state index in [0.29, 0.717) is 21.7 Å². The summed E-state index contributed by atoms with van der Waals surface area (Å²) in [6.07, 6.45) is 0. The van der Waals surface area contributed by atoms with Gasteiger partial charge in [0.05, 0.1) is 6.04 Å². The van der Waals surface area contributed by atoms with E-state index in [4.69, 9.17) is 11.6 Å². The first-order valence-electron chi connectivity index (χ1n) is 10.6. The van der Waals surface area contributed by atoms with Gasteiger partial charge in [0.15, 0.2) is 5.82 Å². The molecule has 4 aromatic rings. The largest absolute Gasteiger partial charge is 0.325 e. The van der Waals surface area contributed by atoms with Crippen LogP contribution < -0.4 is 10.7 Å². The third-order valence-corrected chi connectivity index (χ3v) is 7.07. The Bertz CT molecular complexity index is 1310. The first kappa shape index (κ1) is 21.6. The standard InChI is InChI=1S/C25H22ClN5OS/c1-15-8-11-17(12-9-15)21-22(24(32)27-20-14-19(26)13-10-16(20)2)33-25-29-28-23(31(25)30-21)18-6-4-3-5-7-18/h3-14,21-22,30H,1-2H3,(H,27,32)/t21-,22-/m1/s1. The number of benzene rings is 3. The second kappa shape index (κ2) is 8.92. The summed E-state index contributed by atoms with van der Waals surface area (Å²) in [6, 6.07) is 23.3. The molecular formula is C25H22ClN5OS. The Balaban J connectivity index is 1.52. The molecule has 0 saturated carbocycles. The smallest absolute Gasteiger partial charge is 0.240 e. The molecule has 2 atom stereocenters. The molecule has 0 radical (unpaired) electrons. The summed E-state index contributed by atoms with van der Waals surface area (Å²) in [4.78, 5) is 13.5. The van der Waals surface area contributed by atoms with Gasteiger partial charge in [0, 0.05) is 16.3 Å². The van der Waals surface area contributed by atoms with Gasteiger partial charge in [-0.2, -0.15) is 0 Å². The number of anilines is 1. The number of nitrogens with zero attached hydrogens (tertiary/aromatic N) is 3. The van der Waals surface area contributed by atoms with Gasteiger partial charge >= 0.3 is 0 Å². The second-order valence-electron chi connectivity index (χ2n) is 8.01. The average Bonchev–Trinajstić information content (AvgIpc) is 3.25. The molecule has 1 aliphatic heterocycles. The lowest BCUT2D eigenvalue weighted by Crippen LogP contribution is -2.41. The van der Waals surface area contributed by atoms with Gasteiger partial charge in [-0.05, 0) is 37.1 Å². The number of amides is 1. The van der Waals surface area contributed by atoms with Crippen LogP contribution >= 0.6 is 23.4 Å². The topological polar surface area (TPSA) is 71.8 Å². The zero-order valence-electron chi connectivity index (χ0n) is 18.1. The molecule has 2 heterocycles. The van der Waals surface area contributed by atoms with Gasteiger partial charge in [0.1, 0.15) is 5.25 Å². The van der Waals surface area contributed by atoms with E-state index >= 15 is 0 Å². The lowest BCUT2D eigenvalue weighted by atomic mass is 10.0. The van der Waals surface area contributed by atoms with Crippen LogP contribution in [0.4, 0.5) is 5.69 Å². The number of aromatic nitrogens is 3. The summed E-state index contributed by atoms with van der Waals surface area (Å²) >= 11 is 7.56. The van der Waals surface area contributed by atoms with Crippen molar-refractivity contribution in [2.45, 2.75) is 30.3 Å². The summed E-state index contributed by atoms with van der Waals surface area (Å²) in [5.74, 6) is 0.582. The van der Waals surface area contributed by atoms with Gasteiger partial charge < -0.3 is 10.7 Å². The maximum absolute atomic E-state index is 13.5. The van der Waals surface area contributed by atoms with Gasteiger partial charge in [0.25, 0.3) is 0 Å². The molecule has 3 aromatic carbocycles. The highest BCUT2D eigenvalue weighted by Gasteiger charge is 2.38. The highest BCUT2D eigenvalue weighted by atomic mass is 35.5. The monoisotopic (exact) mass is 475 g/mol. The number of carbonyl (C=O) groups excluding carboxylic acids is 1. The van der Waals surface area contributed by atoms with E-state index < -0.39 is 5.25 Å². The number of fused-ring (bicyclic) bond motifs is 1. The summed E-state index contributed by atoms with van der Waals surface area (Å²) < 4.78 is 1.87.